The van der Waals surface area contributed by atoms with E-state index in [0.717, 1.165) is 33.8 Å². The van der Waals surface area contributed by atoms with Crippen LogP contribution in [0.4, 0.5) is 5.69 Å². The SMILES string of the molecule is CCCCNC(=O)[C@H](Cc1ccccc1)N(Cc1ccc(Cl)cc1)C(=O)CN(c1ccc(C)cc1)S(=O)(=O)c1ccc(OC)cc1. The van der Waals surface area contributed by atoms with Gasteiger partial charge < -0.3 is 15.0 Å². The van der Waals surface area contributed by atoms with Gasteiger partial charge in [0.05, 0.1) is 17.7 Å². The highest BCUT2D eigenvalue weighted by Gasteiger charge is 2.34. The molecule has 4 aromatic carbocycles. The summed E-state index contributed by atoms with van der Waals surface area (Å²) in [5.74, 6) is -0.331. The van der Waals surface area contributed by atoms with Crippen LogP contribution in [0.2, 0.25) is 5.02 Å². The minimum absolute atomic E-state index is 0.00377. The molecule has 0 aliphatic rings. The molecule has 1 N–H and O–H groups in total. The summed E-state index contributed by atoms with van der Waals surface area (Å²) in [6.07, 6.45) is 1.93. The third kappa shape index (κ3) is 9.11. The number of methoxy groups -OCH3 is 1. The predicted molar refractivity (Wildman–Crippen MR) is 183 cm³/mol. The molecule has 4 aromatic rings. The number of anilines is 1. The van der Waals surface area contributed by atoms with Gasteiger partial charge in [-0.1, -0.05) is 85.1 Å². The average Bonchev–Trinajstić information content (AvgIpc) is 3.07. The first-order valence-corrected chi connectivity index (χ1v) is 17.0. The van der Waals surface area contributed by atoms with Crippen molar-refractivity contribution in [3.8, 4) is 5.75 Å². The van der Waals surface area contributed by atoms with E-state index in [1.165, 1.54) is 24.1 Å². The zero-order valence-electron chi connectivity index (χ0n) is 26.4. The number of ether oxygens (including phenoxy) is 1. The van der Waals surface area contributed by atoms with Gasteiger partial charge in [-0.05, 0) is 73.0 Å². The second-order valence-electron chi connectivity index (χ2n) is 11.0. The maximum atomic E-state index is 14.5. The van der Waals surface area contributed by atoms with Crippen LogP contribution in [0, 0.1) is 6.92 Å². The standard InChI is InChI=1S/C36H40ClN3O5S/c1-4-5-23-38-36(42)34(24-28-9-7-6-8-10-28)39(25-29-13-15-30(37)16-14-29)35(41)26-40(31-17-11-27(2)12-18-31)46(43,44)33-21-19-32(45-3)20-22-33/h6-22,34H,4-5,23-26H2,1-3H3,(H,38,42)/t34-/m0/s1. The van der Waals surface area contributed by atoms with Gasteiger partial charge in [0.25, 0.3) is 10.0 Å². The van der Waals surface area contributed by atoms with E-state index in [2.05, 4.69) is 5.32 Å². The Balaban J connectivity index is 1.78. The average molecular weight is 662 g/mol. The van der Waals surface area contributed by atoms with Gasteiger partial charge in [-0.15, -0.1) is 0 Å². The Morgan fingerprint density at radius 3 is 2.13 bits per heavy atom. The Morgan fingerprint density at radius 2 is 1.52 bits per heavy atom. The number of nitrogens with one attached hydrogen (secondary N) is 1. The topological polar surface area (TPSA) is 96.0 Å². The molecular weight excluding hydrogens is 622 g/mol. The van der Waals surface area contributed by atoms with Crippen molar-refractivity contribution in [1.82, 2.24) is 10.2 Å². The molecule has 46 heavy (non-hydrogen) atoms. The van der Waals surface area contributed by atoms with E-state index < -0.39 is 28.5 Å². The Morgan fingerprint density at radius 1 is 0.870 bits per heavy atom. The molecule has 0 bridgehead atoms. The fraction of sp³-hybridized carbons (Fsp3) is 0.278. The molecule has 4 rings (SSSR count). The molecule has 0 aliphatic heterocycles. The van der Waals surface area contributed by atoms with Crippen molar-refractivity contribution in [2.75, 3.05) is 24.5 Å². The Bertz CT molecular complexity index is 1680. The first-order valence-electron chi connectivity index (χ1n) is 15.2. The van der Waals surface area contributed by atoms with Gasteiger partial charge in [0, 0.05) is 24.5 Å². The maximum absolute atomic E-state index is 14.5. The van der Waals surface area contributed by atoms with Gasteiger partial charge in [0.1, 0.15) is 18.3 Å². The quantitative estimate of drug-likeness (QED) is 0.149. The summed E-state index contributed by atoms with van der Waals surface area (Å²) in [6, 6.07) is 28.5. The van der Waals surface area contributed by atoms with Crippen LogP contribution in [0.5, 0.6) is 5.75 Å². The van der Waals surface area contributed by atoms with Crippen LogP contribution in [-0.4, -0.2) is 51.4 Å². The summed E-state index contributed by atoms with van der Waals surface area (Å²) in [7, 11) is -2.71. The minimum atomic E-state index is -4.21. The number of rotatable bonds is 15. The van der Waals surface area contributed by atoms with E-state index in [4.69, 9.17) is 16.3 Å². The largest absolute Gasteiger partial charge is 0.497 e. The third-order valence-electron chi connectivity index (χ3n) is 7.62. The highest BCUT2D eigenvalue weighted by atomic mass is 35.5. The first kappa shape index (κ1) is 34.5. The highest BCUT2D eigenvalue weighted by Crippen LogP contribution is 2.27. The maximum Gasteiger partial charge on any atom is 0.264 e. The van der Waals surface area contributed by atoms with Crippen LogP contribution in [-0.2, 0) is 32.6 Å². The second-order valence-corrected chi connectivity index (χ2v) is 13.3. The van der Waals surface area contributed by atoms with Crippen molar-refractivity contribution in [2.45, 2.75) is 50.6 Å². The van der Waals surface area contributed by atoms with Crippen LogP contribution in [0.25, 0.3) is 0 Å². The molecule has 2 amide bonds. The number of sulfonamides is 1. The van der Waals surface area contributed by atoms with Crippen molar-refractivity contribution in [3.63, 3.8) is 0 Å². The number of hydrogen-bond donors (Lipinski definition) is 1. The molecule has 0 spiro atoms. The van der Waals surface area contributed by atoms with Crippen molar-refractivity contribution in [3.05, 3.63) is 125 Å². The van der Waals surface area contributed by atoms with E-state index in [1.54, 1.807) is 60.7 Å². The van der Waals surface area contributed by atoms with E-state index in [1.807, 2.05) is 44.2 Å². The molecule has 0 heterocycles. The zero-order valence-corrected chi connectivity index (χ0v) is 27.9. The highest BCUT2D eigenvalue weighted by molar-refractivity contribution is 7.92. The lowest BCUT2D eigenvalue weighted by Crippen LogP contribution is -2.53. The van der Waals surface area contributed by atoms with Crippen molar-refractivity contribution >= 4 is 39.1 Å². The van der Waals surface area contributed by atoms with Gasteiger partial charge in [0.2, 0.25) is 11.8 Å². The number of halogens is 1. The summed E-state index contributed by atoms with van der Waals surface area (Å²) in [6.45, 7) is 3.94. The second kappa shape index (κ2) is 16.3. The number of benzene rings is 4. The van der Waals surface area contributed by atoms with Gasteiger partial charge in [-0.3, -0.25) is 13.9 Å². The summed E-state index contributed by atoms with van der Waals surface area (Å²) < 4.78 is 34.6. The van der Waals surface area contributed by atoms with Crippen LogP contribution in [0.15, 0.2) is 108 Å². The molecule has 8 nitrogen and oxygen atoms in total. The number of unbranched alkanes of at least 4 members (excludes halogenated alkanes) is 1. The van der Waals surface area contributed by atoms with E-state index in [-0.39, 0.29) is 23.8 Å². The Kier molecular flexibility index (Phi) is 12.2. The van der Waals surface area contributed by atoms with Gasteiger partial charge in [-0.25, -0.2) is 8.42 Å². The van der Waals surface area contributed by atoms with Gasteiger partial charge >= 0.3 is 0 Å². The first-order chi connectivity index (χ1) is 22.1. The van der Waals surface area contributed by atoms with Crippen molar-refractivity contribution in [1.29, 1.82) is 0 Å². The number of nitrogens with zero attached hydrogens (tertiary/aromatic N) is 2. The molecule has 1 atom stereocenters. The molecule has 0 fully saturated rings. The third-order valence-corrected chi connectivity index (χ3v) is 9.66. The lowest BCUT2D eigenvalue weighted by molar-refractivity contribution is -0.140. The molecular formula is C36H40ClN3O5S. The molecule has 0 aromatic heterocycles. The molecule has 0 unspecified atom stereocenters. The van der Waals surface area contributed by atoms with Crippen molar-refractivity contribution < 1.29 is 22.7 Å². The fourth-order valence-corrected chi connectivity index (χ4v) is 6.50. The van der Waals surface area contributed by atoms with E-state index in [0.29, 0.717) is 23.0 Å². The van der Waals surface area contributed by atoms with Crippen LogP contribution >= 0.6 is 11.6 Å². The summed E-state index contributed by atoms with van der Waals surface area (Å²) in [4.78, 5) is 29.8. The minimum Gasteiger partial charge on any atom is -0.497 e. The Hall–Kier alpha value is -4.34. The smallest absolute Gasteiger partial charge is 0.264 e. The summed E-state index contributed by atoms with van der Waals surface area (Å²) in [5.41, 5.74) is 2.88. The molecule has 242 valence electrons. The molecule has 0 saturated carbocycles. The summed E-state index contributed by atoms with van der Waals surface area (Å²) >= 11 is 6.15. The van der Waals surface area contributed by atoms with Crippen molar-refractivity contribution in [2.24, 2.45) is 0 Å². The Labute approximate surface area is 277 Å². The van der Waals surface area contributed by atoms with E-state index in [9.17, 15) is 18.0 Å². The number of amides is 2. The number of hydrogen-bond acceptors (Lipinski definition) is 5. The van der Waals surface area contributed by atoms with Crippen LogP contribution in [0.3, 0.4) is 0 Å². The van der Waals surface area contributed by atoms with E-state index >= 15 is 0 Å². The molecule has 0 aliphatic carbocycles. The number of carbonyl (C=O) groups is 2. The summed E-state index contributed by atoms with van der Waals surface area (Å²) in [5, 5.41) is 3.53. The predicted octanol–water partition coefficient (Wildman–Crippen LogP) is 6.41. The lowest BCUT2D eigenvalue weighted by Gasteiger charge is -2.34. The van der Waals surface area contributed by atoms with Crippen LogP contribution < -0.4 is 14.4 Å². The van der Waals surface area contributed by atoms with Gasteiger partial charge in [0.15, 0.2) is 0 Å². The van der Waals surface area contributed by atoms with Gasteiger partial charge in [-0.2, -0.15) is 0 Å². The number of aryl methyl sites for hydroxylation is 1. The molecule has 10 heteroatoms. The van der Waals surface area contributed by atoms with Crippen LogP contribution in [0.1, 0.15) is 36.5 Å². The molecule has 0 saturated heterocycles. The fourth-order valence-electron chi connectivity index (χ4n) is 4.96. The lowest BCUT2D eigenvalue weighted by atomic mass is 10.0. The zero-order chi connectivity index (χ0) is 33.1. The number of carbonyl (C=O) groups excluding carboxylic acids is 2. The normalized spacial score (nSPS) is 11.8. The monoisotopic (exact) mass is 661 g/mol. The molecule has 0 radical (unpaired) electrons.